The van der Waals surface area contributed by atoms with Crippen LogP contribution in [-0.4, -0.2) is 39.2 Å². The molecule has 0 bridgehead atoms. The van der Waals surface area contributed by atoms with Gasteiger partial charge in [-0.3, -0.25) is 9.78 Å². The Kier molecular flexibility index (Phi) is 5.57. The first-order chi connectivity index (χ1) is 14.2. The van der Waals surface area contributed by atoms with Crippen LogP contribution >= 0.6 is 12.2 Å². The molecule has 2 aromatic heterocycles. The number of hydrogen-bond donors (Lipinski definition) is 1. The van der Waals surface area contributed by atoms with Crippen LogP contribution in [0.15, 0.2) is 73.2 Å². The van der Waals surface area contributed by atoms with Crippen molar-refractivity contribution in [2.24, 2.45) is 0 Å². The van der Waals surface area contributed by atoms with Gasteiger partial charge in [-0.1, -0.05) is 24.3 Å². The normalized spacial score (nSPS) is 18.5. The second kappa shape index (κ2) is 8.45. The van der Waals surface area contributed by atoms with Crippen LogP contribution in [0.3, 0.4) is 0 Å². The maximum atomic E-state index is 11.7. The molecule has 1 aliphatic rings. The molecule has 1 saturated heterocycles. The van der Waals surface area contributed by atoms with E-state index in [1.165, 1.54) is 7.11 Å². The van der Waals surface area contributed by atoms with E-state index in [0.717, 1.165) is 16.9 Å². The zero-order chi connectivity index (χ0) is 20.2. The first kappa shape index (κ1) is 19.1. The highest BCUT2D eigenvalue weighted by molar-refractivity contribution is 7.80. The average molecular weight is 407 g/mol. The van der Waals surface area contributed by atoms with Gasteiger partial charge in [-0.15, -0.1) is 0 Å². The summed E-state index contributed by atoms with van der Waals surface area (Å²) in [5.74, 6) is -0.255. The van der Waals surface area contributed by atoms with Gasteiger partial charge in [0.05, 0.1) is 31.3 Å². The molecule has 3 aromatic rings. The molecular formula is C22H22N4O2S. The lowest BCUT2D eigenvalue weighted by molar-refractivity contribution is -0.140. The number of ether oxygens (including phenoxy) is 1. The van der Waals surface area contributed by atoms with Gasteiger partial charge >= 0.3 is 5.97 Å². The Morgan fingerprint density at radius 3 is 2.69 bits per heavy atom. The lowest BCUT2D eigenvalue weighted by Gasteiger charge is -2.26. The van der Waals surface area contributed by atoms with Crippen LogP contribution in [0.1, 0.15) is 29.8 Å². The third kappa shape index (κ3) is 4.00. The van der Waals surface area contributed by atoms with Crippen molar-refractivity contribution in [2.75, 3.05) is 13.7 Å². The molecule has 7 heteroatoms. The topological polar surface area (TPSA) is 59.4 Å². The Morgan fingerprint density at radius 2 is 1.97 bits per heavy atom. The summed E-state index contributed by atoms with van der Waals surface area (Å²) in [6, 6.07) is 17.9. The smallest absolute Gasteiger partial charge is 0.307 e. The number of benzene rings is 1. The molecule has 1 aliphatic heterocycles. The number of aromatic nitrogens is 2. The fraction of sp³-hybridized carbons (Fsp3) is 0.227. The summed E-state index contributed by atoms with van der Waals surface area (Å²) in [6.07, 6.45) is 6.20. The average Bonchev–Trinajstić information content (AvgIpc) is 3.38. The van der Waals surface area contributed by atoms with Crippen LogP contribution in [0.25, 0.3) is 5.69 Å². The minimum absolute atomic E-state index is 0.0768. The maximum Gasteiger partial charge on any atom is 0.307 e. The Morgan fingerprint density at radius 1 is 1.17 bits per heavy atom. The van der Waals surface area contributed by atoms with Gasteiger partial charge in [0.15, 0.2) is 5.11 Å². The molecule has 0 aliphatic carbocycles. The van der Waals surface area contributed by atoms with E-state index in [4.69, 9.17) is 17.0 Å². The van der Waals surface area contributed by atoms with Gasteiger partial charge in [0.25, 0.3) is 0 Å². The molecule has 6 nitrogen and oxygen atoms in total. The molecule has 0 spiro atoms. The lowest BCUT2D eigenvalue weighted by atomic mass is 9.99. The molecule has 2 atom stereocenters. The van der Waals surface area contributed by atoms with Crippen LogP contribution < -0.4 is 5.32 Å². The molecule has 1 fully saturated rings. The first-order valence-electron chi connectivity index (χ1n) is 9.45. The zero-order valence-corrected chi connectivity index (χ0v) is 16.9. The summed E-state index contributed by atoms with van der Waals surface area (Å²) in [6.45, 7) is 0.475. The number of esters is 1. The summed E-state index contributed by atoms with van der Waals surface area (Å²) in [7, 11) is 1.40. The number of rotatable bonds is 6. The molecule has 1 aromatic carbocycles. The minimum atomic E-state index is -0.255. The van der Waals surface area contributed by atoms with Crippen molar-refractivity contribution in [3.63, 3.8) is 0 Å². The van der Waals surface area contributed by atoms with E-state index in [1.54, 1.807) is 6.20 Å². The maximum absolute atomic E-state index is 11.7. The van der Waals surface area contributed by atoms with E-state index in [9.17, 15) is 4.79 Å². The third-order valence-corrected chi connectivity index (χ3v) is 5.45. The Hall–Kier alpha value is -3.19. The molecule has 0 saturated carbocycles. The molecule has 1 N–H and O–H groups in total. The van der Waals surface area contributed by atoms with Crippen molar-refractivity contribution in [3.05, 3.63) is 84.4 Å². The number of nitrogens with zero attached hydrogens (tertiary/aromatic N) is 3. The van der Waals surface area contributed by atoms with E-state index in [0.29, 0.717) is 11.7 Å². The standard InChI is InChI=1S/C22H22N4O2S/c1-28-19(27)11-14-26-21(20(24-22(26)29)18-9-5-6-12-23-18)16-10-13-25(15-16)17-7-3-2-4-8-17/h2-10,12-13,15,20-21H,11,14H2,1H3,(H,24,29)/t20-,21-/m1/s1. The Labute approximate surface area is 175 Å². The van der Waals surface area contributed by atoms with Gasteiger partial charge in [-0.25, -0.2) is 0 Å². The van der Waals surface area contributed by atoms with Crippen molar-refractivity contribution < 1.29 is 9.53 Å². The van der Waals surface area contributed by atoms with Gasteiger partial charge < -0.3 is 19.5 Å². The van der Waals surface area contributed by atoms with E-state index in [-0.39, 0.29) is 24.5 Å². The number of nitrogens with one attached hydrogen (secondary N) is 1. The Balaban J connectivity index is 1.68. The number of carbonyl (C=O) groups excluding carboxylic acids is 1. The van der Waals surface area contributed by atoms with Crippen molar-refractivity contribution in [2.45, 2.75) is 18.5 Å². The number of hydrogen-bond acceptors (Lipinski definition) is 4. The number of methoxy groups -OCH3 is 1. The van der Waals surface area contributed by atoms with Gasteiger partial charge in [0.1, 0.15) is 0 Å². The first-order valence-corrected chi connectivity index (χ1v) is 9.86. The van der Waals surface area contributed by atoms with Gasteiger partial charge in [-0.05, 0) is 48.1 Å². The zero-order valence-electron chi connectivity index (χ0n) is 16.1. The largest absolute Gasteiger partial charge is 0.469 e. The molecule has 0 unspecified atom stereocenters. The molecule has 0 amide bonds. The van der Waals surface area contributed by atoms with Crippen molar-refractivity contribution in [1.82, 2.24) is 19.8 Å². The van der Waals surface area contributed by atoms with Crippen molar-refractivity contribution in [3.8, 4) is 5.69 Å². The second-order valence-corrected chi connectivity index (χ2v) is 7.22. The number of pyridine rings is 1. The van der Waals surface area contributed by atoms with E-state index >= 15 is 0 Å². The van der Waals surface area contributed by atoms with Crippen LogP contribution in [0.5, 0.6) is 0 Å². The fourth-order valence-corrected chi connectivity index (χ4v) is 4.00. The molecule has 4 rings (SSSR count). The highest BCUT2D eigenvalue weighted by Crippen LogP contribution is 2.38. The summed E-state index contributed by atoms with van der Waals surface area (Å²) in [4.78, 5) is 18.3. The minimum Gasteiger partial charge on any atom is -0.469 e. The van der Waals surface area contributed by atoms with Gasteiger partial charge in [-0.2, -0.15) is 0 Å². The molecule has 3 heterocycles. The van der Waals surface area contributed by atoms with Crippen molar-refractivity contribution in [1.29, 1.82) is 0 Å². The predicted molar refractivity (Wildman–Crippen MR) is 115 cm³/mol. The SMILES string of the molecule is COC(=O)CCN1C(=S)N[C@H](c2ccccn2)[C@H]1c1ccn(-c2ccccc2)c1. The number of carbonyl (C=O) groups is 1. The van der Waals surface area contributed by atoms with Crippen LogP contribution in [0, 0.1) is 0 Å². The van der Waals surface area contributed by atoms with E-state index in [2.05, 4.69) is 44.2 Å². The van der Waals surface area contributed by atoms with Gasteiger partial charge in [0.2, 0.25) is 0 Å². The van der Waals surface area contributed by atoms with Crippen LogP contribution in [-0.2, 0) is 9.53 Å². The highest BCUT2D eigenvalue weighted by atomic mass is 32.1. The second-order valence-electron chi connectivity index (χ2n) is 6.83. The van der Waals surface area contributed by atoms with Crippen LogP contribution in [0.4, 0.5) is 0 Å². The fourth-order valence-electron chi connectivity index (χ4n) is 3.67. The highest BCUT2D eigenvalue weighted by Gasteiger charge is 2.40. The summed E-state index contributed by atoms with van der Waals surface area (Å²) < 4.78 is 6.90. The molecular weight excluding hydrogens is 384 g/mol. The number of thiocarbonyl (C=S) groups is 1. The van der Waals surface area contributed by atoms with Gasteiger partial charge in [0, 0.05) is 30.8 Å². The van der Waals surface area contributed by atoms with Crippen molar-refractivity contribution >= 4 is 23.3 Å². The monoisotopic (exact) mass is 406 g/mol. The quantitative estimate of drug-likeness (QED) is 0.500. The van der Waals surface area contributed by atoms with E-state index < -0.39 is 0 Å². The molecule has 0 radical (unpaired) electrons. The Bertz CT molecular complexity index is 990. The summed E-state index contributed by atoms with van der Waals surface area (Å²) in [5.41, 5.74) is 3.09. The van der Waals surface area contributed by atoms with Crippen LogP contribution in [0.2, 0.25) is 0 Å². The predicted octanol–water partition coefficient (Wildman–Crippen LogP) is 3.41. The lowest BCUT2D eigenvalue weighted by Crippen LogP contribution is -2.31. The molecule has 148 valence electrons. The molecule has 29 heavy (non-hydrogen) atoms. The number of para-hydroxylation sites is 1. The van der Waals surface area contributed by atoms with E-state index in [1.807, 2.05) is 42.6 Å². The summed E-state index contributed by atoms with van der Waals surface area (Å²) >= 11 is 5.61. The summed E-state index contributed by atoms with van der Waals surface area (Å²) in [5, 5.41) is 4.01. The third-order valence-electron chi connectivity index (χ3n) is 5.09.